The quantitative estimate of drug-likeness (QED) is 0.159. The SMILES string of the molecule is CC1(C)CC(Cl)CN(CCCC[C@@H](C(=O)Oc2cccc3ccccc23)N2CC(Cl)CC(C)(C)C2)C1. The lowest BCUT2D eigenvalue weighted by atomic mass is 9.83. The second-order valence-electron chi connectivity index (χ2n) is 12.5. The molecule has 0 saturated carbocycles. The van der Waals surface area contributed by atoms with E-state index in [1.165, 1.54) is 0 Å². The number of hydrogen-bond acceptors (Lipinski definition) is 4. The molecule has 36 heavy (non-hydrogen) atoms. The fourth-order valence-electron chi connectivity index (χ4n) is 6.27. The Bertz CT molecular complexity index is 1040. The second-order valence-corrected chi connectivity index (χ2v) is 13.7. The van der Waals surface area contributed by atoms with Crippen molar-refractivity contribution < 1.29 is 9.53 Å². The van der Waals surface area contributed by atoms with Crippen LogP contribution in [0.4, 0.5) is 0 Å². The number of nitrogens with zero attached hydrogens (tertiary/aromatic N) is 2. The first kappa shape index (κ1) is 27.7. The van der Waals surface area contributed by atoms with Gasteiger partial charge in [0.05, 0.1) is 0 Å². The number of carbonyl (C=O) groups excluding carboxylic acids is 1. The van der Waals surface area contributed by atoms with Crippen LogP contribution in [0, 0.1) is 10.8 Å². The predicted octanol–water partition coefficient (Wildman–Crippen LogP) is 6.96. The monoisotopic (exact) mass is 532 g/mol. The number of piperidine rings is 2. The van der Waals surface area contributed by atoms with Gasteiger partial charge in [0.15, 0.2) is 0 Å². The summed E-state index contributed by atoms with van der Waals surface area (Å²) in [6, 6.07) is 13.6. The van der Waals surface area contributed by atoms with Crippen molar-refractivity contribution in [3.05, 3.63) is 42.5 Å². The van der Waals surface area contributed by atoms with Gasteiger partial charge in [-0.3, -0.25) is 4.90 Å². The maximum atomic E-state index is 13.7. The van der Waals surface area contributed by atoms with E-state index in [0.717, 1.165) is 69.1 Å². The maximum Gasteiger partial charge on any atom is 0.328 e. The van der Waals surface area contributed by atoms with Crippen LogP contribution in [-0.4, -0.2) is 65.3 Å². The summed E-state index contributed by atoms with van der Waals surface area (Å²) in [6.07, 6.45) is 4.80. The smallest absolute Gasteiger partial charge is 0.328 e. The summed E-state index contributed by atoms with van der Waals surface area (Å²) in [5.74, 6) is 0.457. The van der Waals surface area contributed by atoms with E-state index in [2.05, 4.69) is 37.5 Å². The molecule has 0 N–H and O–H groups in total. The van der Waals surface area contributed by atoms with E-state index < -0.39 is 0 Å². The van der Waals surface area contributed by atoms with Crippen LogP contribution in [0.2, 0.25) is 0 Å². The van der Waals surface area contributed by atoms with Crippen LogP contribution in [0.15, 0.2) is 42.5 Å². The van der Waals surface area contributed by atoms with E-state index in [-0.39, 0.29) is 33.6 Å². The zero-order chi connectivity index (χ0) is 25.9. The molecule has 0 aromatic heterocycles. The molecule has 0 amide bonds. The number of fused-ring (bicyclic) bond motifs is 1. The first-order valence-electron chi connectivity index (χ1n) is 13.5. The highest BCUT2D eigenvalue weighted by Gasteiger charge is 2.38. The topological polar surface area (TPSA) is 32.8 Å². The molecule has 2 aromatic rings. The number of likely N-dealkylation sites (tertiary alicyclic amines) is 2. The summed E-state index contributed by atoms with van der Waals surface area (Å²) < 4.78 is 6.08. The van der Waals surface area contributed by atoms with Crippen LogP contribution in [0.25, 0.3) is 10.8 Å². The number of rotatable bonds is 8. The van der Waals surface area contributed by atoms with Gasteiger partial charge >= 0.3 is 5.97 Å². The van der Waals surface area contributed by atoms with Crippen molar-refractivity contribution >= 4 is 39.9 Å². The van der Waals surface area contributed by atoms with Gasteiger partial charge in [0.2, 0.25) is 0 Å². The molecular formula is C30H42Cl2N2O2. The molecule has 0 bridgehead atoms. The highest BCUT2D eigenvalue weighted by atomic mass is 35.5. The molecule has 4 rings (SSSR count). The van der Waals surface area contributed by atoms with Crippen molar-refractivity contribution in [3.8, 4) is 5.75 Å². The number of ether oxygens (including phenoxy) is 1. The van der Waals surface area contributed by atoms with Gasteiger partial charge in [0.25, 0.3) is 0 Å². The predicted molar refractivity (Wildman–Crippen MR) is 151 cm³/mol. The number of halogens is 2. The normalized spacial score (nSPS) is 25.5. The van der Waals surface area contributed by atoms with Crippen molar-refractivity contribution in [2.24, 2.45) is 10.8 Å². The molecule has 3 atom stereocenters. The van der Waals surface area contributed by atoms with Gasteiger partial charge in [-0.1, -0.05) is 70.5 Å². The van der Waals surface area contributed by atoms with Crippen molar-refractivity contribution in [1.29, 1.82) is 0 Å². The number of hydrogen-bond donors (Lipinski definition) is 0. The average Bonchev–Trinajstić information content (AvgIpc) is 2.76. The lowest BCUT2D eigenvalue weighted by Crippen LogP contribution is -2.53. The number of alkyl halides is 2. The zero-order valence-electron chi connectivity index (χ0n) is 22.3. The molecule has 198 valence electrons. The molecule has 2 fully saturated rings. The lowest BCUT2D eigenvalue weighted by molar-refractivity contribution is -0.142. The fourth-order valence-corrected chi connectivity index (χ4v) is 7.48. The van der Waals surface area contributed by atoms with E-state index in [4.69, 9.17) is 27.9 Å². The molecule has 6 heteroatoms. The molecule has 2 unspecified atom stereocenters. The van der Waals surface area contributed by atoms with Crippen molar-refractivity contribution in [2.45, 2.75) is 76.6 Å². The van der Waals surface area contributed by atoms with Crippen molar-refractivity contribution in [3.63, 3.8) is 0 Å². The summed E-state index contributed by atoms with van der Waals surface area (Å²) in [4.78, 5) is 18.4. The van der Waals surface area contributed by atoms with E-state index in [1.54, 1.807) is 0 Å². The van der Waals surface area contributed by atoms with Gasteiger partial charge in [-0.15, -0.1) is 23.2 Å². The minimum absolute atomic E-state index is 0.0397. The summed E-state index contributed by atoms with van der Waals surface area (Å²) in [6.45, 7) is 13.7. The van der Waals surface area contributed by atoms with Gasteiger partial charge in [-0.2, -0.15) is 0 Å². The zero-order valence-corrected chi connectivity index (χ0v) is 23.8. The number of unbranched alkanes of at least 4 members (excludes halogenated alkanes) is 1. The summed E-state index contributed by atoms with van der Waals surface area (Å²) >= 11 is 13.2. The van der Waals surface area contributed by atoms with E-state index in [0.29, 0.717) is 12.3 Å². The van der Waals surface area contributed by atoms with Crippen LogP contribution >= 0.6 is 23.2 Å². The fraction of sp³-hybridized carbons (Fsp3) is 0.633. The maximum absolute atomic E-state index is 13.7. The van der Waals surface area contributed by atoms with Gasteiger partial charge in [-0.05, 0) is 54.5 Å². The minimum atomic E-state index is -0.302. The highest BCUT2D eigenvalue weighted by Crippen LogP contribution is 2.35. The molecule has 2 aromatic carbocycles. The van der Waals surface area contributed by atoms with Crippen molar-refractivity contribution in [1.82, 2.24) is 9.80 Å². The van der Waals surface area contributed by atoms with Crippen molar-refractivity contribution in [2.75, 3.05) is 32.7 Å². The largest absolute Gasteiger partial charge is 0.425 e. The third-order valence-electron chi connectivity index (χ3n) is 7.59. The Morgan fingerprint density at radius 3 is 2.33 bits per heavy atom. The Balaban J connectivity index is 1.44. The molecule has 0 spiro atoms. The van der Waals surface area contributed by atoms with Crippen LogP contribution in [-0.2, 0) is 4.79 Å². The lowest BCUT2D eigenvalue weighted by Gasteiger charge is -2.43. The molecule has 2 aliphatic heterocycles. The molecule has 2 aliphatic rings. The first-order chi connectivity index (χ1) is 17.0. The standard InChI is InChI=1S/C30H42Cl2N2O2/c1-29(2)16-23(31)18-33(20-29)15-8-7-13-26(34-19-24(32)17-30(3,4)21-34)28(35)36-27-14-9-11-22-10-5-6-12-25(22)27/h5-6,9-12,14,23-24,26H,7-8,13,15-21H2,1-4H3/t23?,24?,26-/m0/s1. The summed E-state index contributed by atoms with van der Waals surface area (Å²) in [5, 5.41) is 2.29. The number of benzene rings is 2. The van der Waals surface area contributed by atoms with E-state index in [9.17, 15) is 4.79 Å². The summed E-state index contributed by atoms with van der Waals surface area (Å²) in [7, 11) is 0. The molecule has 2 saturated heterocycles. The molecule has 0 radical (unpaired) electrons. The third kappa shape index (κ3) is 7.37. The highest BCUT2D eigenvalue weighted by molar-refractivity contribution is 6.21. The van der Waals surface area contributed by atoms with Crippen LogP contribution in [0.3, 0.4) is 0 Å². The molecular weight excluding hydrogens is 491 g/mol. The van der Waals surface area contributed by atoms with Gasteiger partial charge < -0.3 is 9.64 Å². The molecule has 4 nitrogen and oxygen atoms in total. The Morgan fingerprint density at radius 1 is 0.944 bits per heavy atom. The van der Waals surface area contributed by atoms with Crippen LogP contribution in [0.5, 0.6) is 5.75 Å². The first-order valence-corrected chi connectivity index (χ1v) is 14.3. The average molecular weight is 534 g/mol. The van der Waals surface area contributed by atoms with Crippen LogP contribution < -0.4 is 4.74 Å². The minimum Gasteiger partial charge on any atom is -0.425 e. The second kappa shape index (κ2) is 11.6. The number of carbonyl (C=O) groups is 1. The van der Waals surface area contributed by atoms with Gasteiger partial charge in [0.1, 0.15) is 11.8 Å². The Labute approximate surface area is 227 Å². The van der Waals surface area contributed by atoms with Gasteiger partial charge in [0, 0.05) is 42.3 Å². The number of esters is 1. The third-order valence-corrected chi connectivity index (χ3v) is 8.18. The Hall–Kier alpha value is -1.33. The summed E-state index contributed by atoms with van der Waals surface area (Å²) in [5.41, 5.74) is 0.321. The Kier molecular flexibility index (Phi) is 8.92. The molecule has 0 aliphatic carbocycles. The Morgan fingerprint density at radius 2 is 1.61 bits per heavy atom. The van der Waals surface area contributed by atoms with Gasteiger partial charge in [-0.25, -0.2) is 4.79 Å². The van der Waals surface area contributed by atoms with E-state index >= 15 is 0 Å². The van der Waals surface area contributed by atoms with E-state index in [1.807, 2.05) is 42.5 Å². The molecule has 2 heterocycles. The van der Waals surface area contributed by atoms with Crippen LogP contribution in [0.1, 0.15) is 59.8 Å².